The fourth-order valence-electron chi connectivity index (χ4n) is 4.00. The summed E-state index contributed by atoms with van der Waals surface area (Å²) in [5.41, 5.74) is 1.00. The zero-order valence-electron chi connectivity index (χ0n) is 23.1. The zero-order valence-corrected chi connectivity index (χ0v) is 24.6. The first-order valence-corrected chi connectivity index (χ1v) is 13.7. The van der Waals surface area contributed by atoms with Crippen LogP contribution >= 0.6 is 15.9 Å². The van der Waals surface area contributed by atoms with Crippen LogP contribution in [0.25, 0.3) is 6.08 Å². The molecule has 0 bridgehead atoms. The van der Waals surface area contributed by atoms with Crippen molar-refractivity contribution in [3.63, 3.8) is 0 Å². The summed E-state index contributed by atoms with van der Waals surface area (Å²) in [5, 5.41) is 4.94. The fraction of sp³-hybridized carbons (Fsp3) is 0.200. The molecule has 4 rings (SSSR count). The Balaban J connectivity index is 1.54. The van der Waals surface area contributed by atoms with E-state index in [1.165, 1.54) is 6.08 Å². The van der Waals surface area contributed by atoms with Gasteiger partial charge in [-0.1, -0.05) is 0 Å². The van der Waals surface area contributed by atoms with E-state index >= 15 is 0 Å². The van der Waals surface area contributed by atoms with E-state index in [9.17, 15) is 19.2 Å². The minimum absolute atomic E-state index is 0.259. The van der Waals surface area contributed by atoms with Gasteiger partial charge in [-0.25, -0.2) is 9.69 Å². The highest BCUT2D eigenvalue weighted by Crippen LogP contribution is 2.38. The van der Waals surface area contributed by atoms with Gasteiger partial charge in [-0.05, 0) is 102 Å². The van der Waals surface area contributed by atoms with E-state index < -0.39 is 23.8 Å². The Kier molecular flexibility index (Phi) is 9.81. The lowest BCUT2D eigenvalue weighted by molar-refractivity contribution is -0.122. The number of carbonyl (C=O) groups is 4. The fourth-order valence-corrected chi connectivity index (χ4v) is 4.57. The van der Waals surface area contributed by atoms with Gasteiger partial charge in [0, 0.05) is 5.69 Å². The van der Waals surface area contributed by atoms with E-state index in [0.717, 1.165) is 4.90 Å². The SMILES string of the molecule is CCOc1ccc(N2C(=O)NC(=O)/C(=C\c3cc(Br)c(OCC(=O)Nc4ccc(OC)cc4)c(OCC)c3)C2=O)cc1. The van der Waals surface area contributed by atoms with Crippen molar-refractivity contribution in [3.05, 3.63) is 76.3 Å². The molecule has 11 nitrogen and oxygen atoms in total. The number of halogens is 1. The van der Waals surface area contributed by atoms with E-state index in [4.69, 9.17) is 18.9 Å². The predicted molar refractivity (Wildman–Crippen MR) is 159 cm³/mol. The van der Waals surface area contributed by atoms with Gasteiger partial charge in [0.15, 0.2) is 18.1 Å². The van der Waals surface area contributed by atoms with Crippen LogP contribution in [0.3, 0.4) is 0 Å². The predicted octanol–water partition coefficient (Wildman–Crippen LogP) is 4.94. The molecule has 0 aliphatic carbocycles. The highest BCUT2D eigenvalue weighted by molar-refractivity contribution is 9.10. The summed E-state index contributed by atoms with van der Waals surface area (Å²) in [6.45, 7) is 4.04. The molecule has 2 N–H and O–H groups in total. The molecular formula is C30H28BrN3O8. The Morgan fingerprint density at radius 3 is 2.24 bits per heavy atom. The lowest BCUT2D eigenvalue weighted by Crippen LogP contribution is -2.54. The zero-order chi connectivity index (χ0) is 30.2. The molecule has 0 radical (unpaired) electrons. The highest BCUT2D eigenvalue weighted by Gasteiger charge is 2.37. The number of nitrogens with one attached hydrogen (secondary N) is 2. The number of ether oxygens (including phenoxy) is 4. The second kappa shape index (κ2) is 13.7. The van der Waals surface area contributed by atoms with E-state index in [1.54, 1.807) is 74.7 Å². The molecule has 1 aliphatic rings. The van der Waals surface area contributed by atoms with Crippen LogP contribution < -0.4 is 34.5 Å². The van der Waals surface area contributed by atoms with E-state index in [2.05, 4.69) is 26.6 Å². The normalized spacial score (nSPS) is 14.0. The number of imide groups is 2. The number of barbiturate groups is 1. The van der Waals surface area contributed by atoms with Crippen LogP contribution in [0.2, 0.25) is 0 Å². The van der Waals surface area contributed by atoms with Crippen molar-refractivity contribution in [2.75, 3.05) is 37.1 Å². The van der Waals surface area contributed by atoms with Gasteiger partial charge in [-0.3, -0.25) is 19.7 Å². The first-order valence-electron chi connectivity index (χ1n) is 12.9. The van der Waals surface area contributed by atoms with Gasteiger partial charge in [0.25, 0.3) is 17.7 Å². The number of urea groups is 1. The van der Waals surface area contributed by atoms with Gasteiger partial charge < -0.3 is 24.3 Å². The minimum Gasteiger partial charge on any atom is -0.497 e. The number of methoxy groups -OCH3 is 1. The average Bonchev–Trinajstić information content (AvgIpc) is 2.96. The number of anilines is 2. The maximum atomic E-state index is 13.3. The quantitative estimate of drug-likeness (QED) is 0.223. The van der Waals surface area contributed by atoms with Gasteiger partial charge in [0.1, 0.15) is 17.1 Å². The molecule has 3 aromatic carbocycles. The summed E-state index contributed by atoms with van der Waals surface area (Å²) in [5.74, 6) is -0.258. The number of nitrogens with zero attached hydrogens (tertiary/aromatic N) is 1. The number of hydrogen-bond acceptors (Lipinski definition) is 8. The molecule has 3 aromatic rings. The number of benzene rings is 3. The van der Waals surface area contributed by atoms with Crippen molar-refractivity contribution in [1.29, 1.82) is 0 Å². The van der Waals surface area contributed by atoms with Crippen LogP contribution in [-0.2, 0) is 14.4 Å². The van der Waals surface area contributed by atoms with E-state index in [0.29, 0.717) is 33.8 Å². The van der Waals surface area contributed by atoms with Gasteiger partial charge in [0.05, 0.1) is 30.5 Å². The van der Waals surface area contributed by atoms with Crippen LogP contribution in [0.5, 0.6) is 23.0 Å². The molecule has 1 saturated heterocycles. The van der Waals surface area contributed by atoms with E-state index in [1.807, 2.05) is 6.92 Å². The van der Waals surface area contributed by atoms with Crippen molar-refractivity contribution in [2.24, 2.45) is 0 Å². The Labute approximate surface area is 250 Å². The molecule has 1 fully saturated rings. The first-order chi connectivity index (χ1) is 20.2. The molecule has 0 aromatic heterocycles. The van der Waals surface area contributed by atoms with Gasteiger partial charge in [-0.2, -0.15) is 0 Å². The van der Waals surface area contributed by atoms with Gasteiger partial charge in [-0.15, -0.1) is 0 Å². The van der Waals surface area contributed by atoms with Crippen LogP contribution in [0.15, 0.2) is 70.7 Å². The Morgan fingerprint density at radius 2 is 1.60 bits per heavy atom. The van der Waals surface area contributed by atoms with Gasteiger partial charge in [0.2, 0.25) is 0 Å². The number of carbonyl (C=O) groups excluding carboxylic acids is 4. The summed E-state index contributed by atoms with van der Waals surface area (Å²) in [6.07, 6.45) is 1.35. The van der Waals surface area contributed by atoms with Crippen molar-refractivity contribution >= 4 is 57.1 Å². The second-order valence-electron chi connectivity index (χ2n) is 8.71. The average molecular weight is 638 g/mol. The third kappa shape index (κ3) is 7.07. The molecule has 0 saturated carbocycles. The van der Waals surface area contributed by atoms with Crippen LogP contribution in [0.1, 0.15) is 19.4 Å². The molecule has 218 valence electrons. The van der Waals surface area contributed by atoms with Crippen molar-refractivity contribution in [1.82, 2.24) is 5.32 Å². The third-order valence-corrected chi connectivity index (χ3v) is 6.46. The van der Waals surface area contributed by atoms with Crippen molar-refractivity contribution in [3.8, 4) is 23.0 Å². The lowest BCUT2D eigenvalue weighted by Gasteiger charge is -2.26. The maximum absolute atomic E-state index is 13.3. The molecule has 0 spiro atoms. The molecule has 0 atom stereocenters. The molecule has 5 amide bonds. The molecule has 0 unspecified atom stereocenters. The summed E-state index contributed by atoms with van der Waals surface area (Å²) in [6, 6.07) is 15.5. The standard InChI is InChI=1S/C30H28BrN3O8/c1-4-40-22-12-8-20(9-13-22)34-29(37)23(28(36)33-30(34)38)14-18-15-24(31)27(25(16-18)41-5-2)42-17-26(35)32-19-6-10-21(39-3)11-7-19/h6-16H,4-5,17H2,1-3H3,(H,32,35)(H,33,36,38)/b23-14+. The molecule has 1 aliphatic heterocycles. The molecule has 12 heteroatoms. The van der Waals surface area contributed by atoms with Crippen LogP contribution in [0, 0.1) is 0 Å². The monoisotopic (exact) mass is 637 g/mol. The third-order valence-electron chi connectivity index (χ3n) is 5.87. The minimum atomic E-state index is -0.862. The largest absolute Gasteiger partial charge is 0.497 e. The topological polar surface area (TPSA) is 132 Å². The smallest absolute Gasteiger partial charge is 0.335 e. The Bertz CT molecular complexity index is 1520. The summed E-state index contributed by atoms with van der Waals surface area (Å²) >= 11 is 3.43. The Morgan fingerprint density at radius 1 is 0.929 bits per heavy atom. The summed E-state index contributed by atoms with van der Waals surface area (Å²) in [4.78, 5) is 51.9. The van der Waals surface area contributed by atoms with Crippen molar-refractivity contribution < 1.29 is 38.1 Å². The highest BCUT2D eigenvalue weighted by atomic mass is 79.9. The van der Waals surface area contributed by atoms with E-state index in [-0.39, 0.29) is 36.0 Å². The summed E-state index contributed by atoms with van der Waals surface area (Å²) in [7, 11) is 1.55. The molecule has 1 heterocycles. The summed E-state index contributed by atoms with van der Waals surface area (Å²) < 4.78 is 22.4. The number of amides is 5. The van der Waals surface area contributed by atoms with Crippen LogP contribution in [-0.4, -0.2) is 50.7 Å². The number of rotatable bonds is 11. The lowest BCUT2D eigenvalue weighted by atomic mass is 10.1. The Hall–Kier alpha value is -4.84. The molecular weight excluding hydrogens is 610 g/mol. The second-order valence-corrected chi connectivity index (χ2v) is 9.57. The van der Waals surface area contributed by atoms with Gasteiger partial charge >= 0.3 is 6.03 Å². The number of hydrogen-bond donors (Lipinski definition) is 2. The van der Waals surface area contributed by atoms with Crippen molar-refractivity contribution in [2.45, 2.75) is 13.8 Å². The first kappa shape index (κ1) is 30.1. The van der Waals surface area contributed by atoms with Crippen LogP contribution in [0.4, 0.5) is 16.2 Å². The maximum Gasteiger partial charge on any atom is 0.335 e. The molecule has 42 heavy (non-hydrogen) atoms.